The lowest BCUT2D eigenvalue weighted by Crippen LogP contribution is -2.46. The maximum Gasteiger partial charge on any atom is 0.407 e. The Kier molecular flexibility index (Phi) is 4.87. The summed E-state index contributed by atoms with van der Waals surface area (Å²) in [5.74, 6) is -0.883. The Balaban J connectivity index is 1.88. The fraction of sp³-hybridized carbons (Fsp3) is 0.769. The summed E-state index contributed by atoms with van der Waals surface area (Å²) >= 11 is 0. The summed E-state index contributed by atoms with van der Waals surface area (Å²) in [5, 5.41) is 11.6. The lowest BCUT2D eigenvalue weighted by molar-refractivity contribution is -0.138. The second-order valence-corrected chi connectivity index (χ2v) is 5.44. The minimum atomic E-state index is -0.883. The van der Waals surface area contributed by atoms with Crippen LogP contribution in [0.25, 0.3) is 0 Å². The van der Waals surface area contributed by atoms with Crippen molar-refractivity contribution in [3.63, 3.8) is 0 Å². The van der Waals surface area contributed by atoms with Gasteiger partial charge < -0.3 is 25.0 Å². The van der Waals surface area contributed by atoms with Gasteiger partial charge >= 0.3 is 18.1 Å². The molecule has 21 heavy (non-hydrogen) atoms. The summed E-state index contributed by atoms with van der Waals surface area (Å²) in [5.41, 5.74) is 0. The zero-order valence-electron chi connectivity index (χ0n) is 12.1. The van der Waals surface area contributed by atoms with Gasteiger partial charge in [-0.2, -0.15) is 0 Å². The molecule has 2 aliphatic rings. The molecule has 0 aromatic rings. The molecular formula is C13H21N3O5. The van der Waals surface area contributed by atoms with Crippen LogP contribution >= 0.6 is 0 Å². The molecule has 0 radical (unpaired) electrons. The van der Waals surface area contributed by atoms with Crippen molar-refractivity contribution in [2.75, 3.05) is 26.7 Å². The molecule has 2 N–H and O–H groups in total. The molecule has 118 valence electrons. The molecule has 2 rings (SSSR count). The quantitative estimate of drug-likeness (QED) is 0.789. The number of nitrogens with one attached hydrogen (secondary N) is 1. The Morgan fingerprint density at radius 1 is 1.29 bits per heavy atom. The van der Waals surface area contributed by atoms with Gasteiger partial charge in [-0.25, -0.2) is 9.59 Å². The number of likely N-dealkylation sites (tertiary alicyclic amines) is 2. The Hall–Kier alpha value is -1.99. The van der Waals surface area contributed by atoms with Crippen LogP contribution in [0.4, 0.5) is 9.59 Å². The number of hydrogen-bond acceptors (Lipinski definition) is 4. The number of rotatable bonds is 3. The number of hydrogen-bond donors (Lipinski definition) is 2. The van der Waals surface area contributed by atoms with Crippen LogP contribution in [0, 0.1) is 0 Å². The van der Waals surface area contributed by atoms with Crippen LogP contribution in [0.5, 0.6) is 0 Å². The van der Waals surface area contributed by atoms with Crippen molar-refractivity contribution < 1.29 is 24.2 Å². The second kappa shape index (κ2) is 6.64. The zero-order valence-corrected chi connectivity index (χ0v) is 12.1. The van der Waals surface area contributed by atoms with E-state index in [0.717, 1.165) is 12.8 Å². The molecule has 0 spiro atoms. The van der Waals surface area contributed by atoms with Crippen molar-refractivity contribution in [3.05, 3.63) is 0 Å². The summed E-state index contributed by atoms with van der Waals surface area (Å²) in [4.78, 5) is 37.8. The molecule has 2 unspecified atom stereocenters. The van der Waals surface area contributed by atoms with Crippen molar-refractivity contribution in [2.24, 2.45) is 0 Å². The first-order valence-electron chi connectivity index (χ1n) is 7.13. The smallest absolute Gasteiger partial charge is 0.407 e. The van der Waals surface area contributed by atoms with Gasteiger partial charge in [0.05, 0.1) is 19.6 Å². The third-order valence-corrected chi connectivity index (χ3v) is 4.00. The molecule has 2 aliphatic heterocycles. The SMILES string of the molecule is COC(=O)NC1CCN(C(=O)N2CCCC2CC(=O)O)C1. The number of amides is 3. The van der Waals surface area contributed by atoms with Gasteiger partial charge in [-0.3, -0.25) is 4.79 Å². The molecule has 2 saturated heterocycles. The molecule has 0 aromatic heterocycles. The predicted molar refractivity (Wildman–Crippen MR) is 72.9 cm³/mol. The van der Waals surface area contributed by atoms with E-state index in [9.17, 15) is 14.4 Å². The summed E-state index contributed by atoms with van der Waals surface area (Å²) in [6, 6.07) is -0.461. The monoisotopic (exact) mass is 299 g/mol. The van der Waals surface area contributed by atoms with Crippen molar-refractivity contribution in [3.8, 4) is 0 Å². The lowest BCUT2D eigenvalue weighted by Gasteiger charge is -2.28. The summed E-state index contributed by atoms with van der Waals surface area (Å²) in [6.07, 6.45) is 1.73. The van der Waals surface area contributed by atoms with Gasteiger partial charge in [-0.05, 0) is 19.3 Å². The molecule has 0 aromatic carbocycles. The third kappa shape index (κ3) is 3.77. The number of nitrogens with zero attached hydrogens (tertiary/aromatic N) is 2. The average molecular weight is 299 g/mol. The summed E-state index contributed by atoms with van der Waals surface area (Å²) < 4.78 is 4.54. The van der Waals surface area contributed by atoms with Crippen LogP contribution in [-0.4, -0.2) is 71.8 Å². The van der Waals surface area contributed by atoms with E-state index in [1.807, 2.05) is 0 Å². The second-order valence-electron chi connectivity index (χ2n) is 5.44. The molecule has 3 amide bonds. The Bertz CT molecular complexity index is 428. The molecule has 0 aliphatic carbocycles. The minimum absolute atomic E-state index is 0.0105. The first kappa shape index (κ1) is 15.4. The Morgan fingerprint density at radius 2 is 2.05 bits per heavy atom. The fourth-order valence-electron chi connectivity index (χ4n) is 2.96. The Labute approximate surface area is 123 Å². The van der Waals surface area contributed by atoms with Crippen LogP contribution in [0.15, 0.2) is 0 Å². The first-order valence-corrected chi connectivity index (χ1v) is 7.13. The largest absolute Gasteiger partial charge is 0.481 e. The highest BCUT2D eigenvalue weighted by molar-refractivity contribution is 5.77. The van der Waals surface area contributed by atoms with Crippen LogP contribution in [-0.2, 0) is 9.53 Å². The van der Waals surface area contributed by atoms with Crippen LogP contribution in [0.3, 0.4) is 0 Å². The van der Waals surface area contributed by atoms with Gasteiger partial charge in [0.25, 0.3) is 0 Å². The maximum absolute atomic E-state index is 12.5. The van der Waals surface area contributed by atoms with Gasteiger partial charge in [0, 0.05) is 25.7 Å². The van der Waals surface area contributed by atoms with Crippen LogP contribution in [0.2, 0.25) is 0 Å². The molecular weight excluding hydrogens is 278 g/mol. The minimum Gasteiger partial charge on any atom is -0.481 e. The van der Waals surface area contributed by atoms with E-state index < -0.39 is 12.1 Å². The highest BCUT2D eigenvalue weighted by Crippen LogP contribution is 2.23. The van der Waals surface area contributed by atoms with E-state index in [-0.39, 0.29) is 24.5 Å². The highest BCUT2D eigenvalue weighted by atomic mass is 16.5. The number of aliphatic carboxylic acids is 1. The van der Waals surface area contributed by atoms with Crippen LogP contribution in [0.1, 0.15) is 25.7 Å². The van der Waals surface area contributed by atoms with Gasteiger partial charge in [-0.15, -0.1) is 0 Å². The van der Waals surface area contributed by atoms with E-state index in [4.69, 9.17) is 5.11 Å². The van der Waals surface area contributed by atoms with E-state index >= 15 is 0 Å². The van der Waals surface area contributed by atoms with Crippen molar-refractivity contribution >= 4 is 18.1 Å². The van der Waals surface area contributed by atoms with E-state index in [1.165, 1.54) is 7.11 Å². The Morgan fingerprint density at radius 3 is 2.71 bits per heavy atom. The van der Waals surface area contributed by atoms with Crippen LogP contribution < -0.4 is 5.32 Å². The van der Waals surface area contributed by atoms with Crippen molar-refractivity contribution in [1.29, 1.82) is 0 Å². The van der Waals surface area contributed by atoms with Gasteiger partial charge in [0.2, 0.25) is 0 Å². The molecule has 0 bridgehead atoms. The van der Waals surface area contributed by atoms with E-state index in [0.29, 0.717) is 26.1 Å². The van der Waals surface area contributed by atoms with Gasteiger partial charge in [0.1, 0.15) is 0 Å². The number of carbonyl (C=O) groups excluding carboxylic acids is 2. The van der Waals surface area contributed by atoms with Crippen molar-refractivity contribution in [2.45, 2.75) is 37.8 Å². The average Bonchev–Trinajstić information content (AvgIpc) is 3.06. The predicted octanol–water partition coefficient (Wildman–Crippen LogP) is 0.476. The zero-order chi connectivity index (χ0) is 15.4. The number of carboxylic acids is 1. The molecule has 2 heterocycles. The molecule has 8 heteroatoms. The number of methoxy groups -OCH3 is 1. The highest BCUT2D eigenvalue weighted by Gasteiger charge is 2.36. The van der Waals surface area contributed by atoms with Crippen molar-refractivity contribution in [1.82, 2.24) is 15.1 Å². The standard InChI is InChI=1S/C13H21N3O5/c1-21-12(19)14-9-4-6-15(8-9)13(20)16-5-2-3-10(16)7-11(17)18/h9-10H,2-8H2,1H3,(H,14,19)(H,17,18). The first-order chi connectivity index (χ1) is 10.0. The van der Waals surface area contributed by atoms with E-state index in [1.54, 1.807) is 9.80 Å². The molecule has 0 saturated carbocycles. The number of ether oxygens (including phenoxy) is 1. The van der Waals surface area contributed by atoms with Gasteiger partial charge in [0.15, 0.2) is 0 Å². The summed E-state index contributed by atoms with van der Waals surface area (Å²) in [7, 11) is 1.30. The summed E-state index contributed by atoms with van der Waals surface area (Å²) in [6.45, 7) is 1.59. The van der Waals surface area contributed by atoms with Gasteiger partial charge in [-0.1, -0.05) is 0 Å². The molecule has 2 fully saturated rings. The normalized spacial score (nSPS) is 25.0. The number of carboxylic acid groups (broad SMARTS) is 1. The number of carbonyl (C=O) groups is 3. The molecule has 2 atom stereocenters. The lowest BCUT2D eigenvalue weighted by atomic mass is 10.1. The number of alkyl carbamates (subject to hydrolysis) is 1. The van der Waals surface area contributed by atoms with E-state index in [2.05, 4.69) is 10.1 Å². The topological polar surface area (TPSA) is 99.2 Å². The number of urea groups is 1. The third-order valence-electron chi connectivity index (χ3n) is 4.00. The maximum atomic E-state index is 12.5. The molecule has 8 nitrogen and oxygen atoms in total. The fourth-order valence-corrected chi connectivity index (χ4v) is 2.96.